The first kappa shape index (κ1) is 64.8. The maximum atomic E-state index is 12.8. The van der Waals surface area contributed by atoms with E-state index in [-0.39, 0.29) is 44.0 Å². The Bertz CT molecular complexity index is 1670. The molecule has 0 aromatic carbocycles. The molecule has 0 aromatic rings. The molecule has 0 aliphatic carbocycles. The molecular weight excluding hydrogens is 865 g/mol. The molecule has 1 unspecified atom stereocenters. The summed E-state index contributed by atoms with van der Waals surface area (Å²) in [6.45, 7) is 6.21. The highest BCUT2D eigenvalue weighted by Gasteiger charge is 2.19. The zero-order valence-electron chi connectivity index (χ0n) is 44.2. The van der Waals surface area contributed by atoms with Crippen LogP contribution in [0.3, 0.4) is 0 Å². The molecule has 0 fully saturated rings. The minimum absolute atomic E-state index is 0.133. The van der Waals surface area contributed by atoms with Gasteiger partial charge in [0.2, 0.25) is 0 Å². The fourth-order valence-corrected chi connectivity index (χ4v) is 6.61. The Hall–Kier alpha value is -5.23. The van der Waals surface area contributed by atoms with Crippen LogP contribution < -0.4 is 0 Å². The second-order valence-corrected chi connectivity index (χ2v) is 17.2. The first-order valence-electron chi connectivity index (χ1n) is 27.2. The van der Waals surface area contributed by atoms with Crippen molar-refractivity contribution >= 4 is 17.9 Å². The van der Waals surface area contributed by atoms with E-state index in [1.54, 1.807) is 0 Å². The highest BCUT2D eigenvalue weighted by atomic mass is 16.6. The molecule has 0 amide bonds. The summed E-state index contributed by atoms with van der Waals surface area (Å²) in [5, 5.41) is 0. The molecule has 0 bridgehead atoms. The summed E-state index contributed by atoms with van der Waals surface area (Å²) >= 11 is 0. The Morgan fingerprint density at radius 2 is 0.657 bits per heavy atom. The average molecular weight is 961 g/mol. The molecule has 70 heavy (non-hydrogen) atoms. The lowest BCUT2D eigenvalue weighted by molar-refractivity contribution is -0.166. The van der Waals surface area contributed by atoms with E-state index in [1.165, 1.54) is 19.3 Å². The number of ether oxygens (including phenoxy) is 3. The number of unbranched alkanes of at least 4 members (excludes halogenated alkanes) is 13. The molecular formula is C64H96O6. The maximum absolute atomic E-state index is 12.8. The molecule has 0 rings (SSSR count). The monoisotopic (exact) mass is 961 g/mol. The van der Waals surface area contributed by atoms with Crippen molar-refractivity contribution < 1.29 is 28.6 Å². The maximum Gasteiger partial charge on any atom is 0.306 e. The number of rotatable bonds is 46. The zero-order valence-corrected chi connectivity index (χ0v) is 44.2. The van der Waals surface area contributed by atoms with Gasteiger partial charge in [0.1, 0.15) is 13.2 Å². The van der Waals surface area contributed by atoms with Gasteiger partial charge in [0.15, 0.2) is 6.10 Å². The second kappa shape index (κ2) is 56.4. The third-order valence-corrected chi connectivity index (χ3v) is 10.6. The van der Waals surface area contributed by atoms with E-state index < -0.39 is 6.10 Å². The third-order valence-electron chi connectivity index (χ3n) is 10.6. The molecule has 0 saturated heterocycles. The van der Waals surface area contributed by atoms with E-state index in [2.05, 4.69) is 154 Å². The summed E-state index contributed by atoms with van der Waals surface area (Å²) in [5.41, 5.74) is 0. The first-order valence-corrected chi connectivity index (χ1v) is 27.2. The molecule has 388 valence electrons. The van der Waals surface area contributed by atoms with Gasteiger partial charge in [-0.05, 0) is 103 Å². The molecule has 0 heterocycles. The number of esters is 3. The molecule has 0 aromatic heterocycles. The normalized spacial score (nSPS) is 13.5. The van der Waals surface area contributed by atoms with Crippen LogP contribution in [0.15, 0.2) is 170 Å². The summed E-state index contributed by atoms with van der Waals surface area (Å²) < 4.78 is 16.7. The van der Waals surface area contributed by atoms with Crippen LogP contribution in [0.5, 0.6) is 0 Å². The van der Waals surface area contributed by atoms with Gasteiger partial charge in [0.25, 0.3) is 0 Å². The lowest BCUT2D eigenvalue weighted by Crippen LogP contribution is -2.30. The van der Waals surface area contributed by atoms with Crippen molar-refractivity contribution in [1.82, 2.24) is 0 Å². The van der Waals surface area contributed by atoms with Gasteiger partial charge < -0.3 is 14.2 Å². The van der Waals surface area contributed by atoms with Crippen LogP contribution in [-0.2, 0) is 28.6 Å². The van der Waals surface area contributed by atoms with Crippen LogP contribution in [0.1, 0.15) is 194 Å². The Kier molecular flexibility index (Phi) is 52.1. The predicted octanol–water partition coefficient (Wildman–Crippen LogP) is 18.4. The van der Waals surface area contributed by atoms with Crippen LogP contribution >= 0.6 is 0 Å². The summed E-state index contributed by atoms with van der Waals surface area (Å²) in [6.07, 6.45) is 83.4. The van der Waals surface area contributed by atoms with Crippen molar-refractivity contribution in [2.75, 3.05) is 13.2 Å². The molecule has 0 radical (unpaired) electrons. The standard InChI is InChI=1S/C64H96O6/c1-4-7-10-13-16-19-22-25-28-30-32-34-36-39-42-45-48-51-54-57-63(66)69-60-61(59-68-62(65)56-53-50-47-44-41-38-35-27-24-21-18-15-12-9-6-3)70-64(67)58-55-52-49-46-43-40-37-33-31-29-26-23-20-17-14-11-8-5-2/h7,9-10,12,15-21,23-29,31-35,37,39,42,48,51,61H,4-6,8,11,13-14,22,30,36,38,40-41,43-47,49-50,52-60H2,1-3H3/b10-7-,12-9-,18-15-,19-16-,20-17-,24-21-,26-23-,28-25-,31-29-,34-32-,35-27-,37-33-,42-39-,51-48-. The van der Waals surface area contributed by atoms with Crippen LogP contribution in [0, 0.1) is 0 Å². The highest BCUT2D eigenvalue weighted by Crippen LogP contribution is 2.12. The predicted molar refractivity (Wildman–Crippen MR) is 301 cm³/mol. The Labute approximate surface area is 428 Å². The van der Waals surface area contributed by atoms with Crippen LogP contribution in [0.25, 0.3) is 0 Å². The lowest BCUT2D eigenvalue weighted by Gasteiger charge is -2.18. The number of carbonyl (C=O) groups excluding carboxylic acids is 3. The minimum atomic E-state index is -0.841. The zero-order chi connectivity index (χ0) is 50.7. The van der Waals surface area contributed by atoms with Gasteiger partial charge in [0.05, 0.1) is 0 Å². The average Bonchev–Trinajstić information content (AvgIpc) is 3.36. The van der Waals surface area contributed by atoms with E-state index in [0.717, 1.165) is 128 Å². The van der Waals surface area contributed by atoms with Crippen LogP contribution in [0.2, 0.25) is 0 Å². The van der Waals surface area contributed by atoms with Gasteiger partial charge in [-0.2, -0.15) is 0 Å². The van der Waals surface area contributed by atoms with Crippen molar-refractivity contribution in [2.45, 2.75) is 200 Å². The molecule has 1 atom stereocenters. The fourth-order valence-electron chi connectivity index (χ4n) is 6.61. The smallest absolute Gasteiger partial charge is 0.306 e. The number of allylic oxidation sites excluding steroid dienone is 28. The summed E-state index contributed by atoms with van der Waals surface area (Å²) in [6, 6.07) is 0. The summed E-state index contributed by atoms with van der Waals surface area (Å²) in [4.78, 5) is 38.1. The van der Waals surface area contributed by atoms with Gasteiger partial charge in [-0.15, -0.1) is 0 Å². The Balaban J connectivity index is 4.64. The van der Waals surface area contributed by atoms with E-state index in [4.69, 9.17) is 14.2 Å². The lowest BCUT2D eigenvalue weighted by atomic mass is 10.1. The van der Waals surface area contributed by atoms with Crippen molar-refractivity contribution in [2.24, 2.45) is 0 Å². The van der Waals surface area contributed by atoms with E-state index in [9.17, 15) is 14.4 Å². The molecule has 0 N–H and O–H groups in total. The van der Waals surface area contributed by atoms with E-state index >= 15 is 0 Å². The molecule has 0 aliphatic heterocycles. The molecule has 6 nitrogen and oxygen atoms in total. The van der Waals surface area contributed by atoms with Crippen molar-refractivity contribution in [3.8, 4) is 0 Å². The Morgan fingerprint density at radius 3 is 1.10 bits per heavy atom. The molecule has 0 saturated carbocycles. The second-order valence-electron chi connectivity index (χ2n) is 17.2. The largest absolute Gasteiger partial charge is 0.462 e. The minimum Gasteiger partial charge on any atom is -0.462 e. The van der Waals surface area contributed by atoms with Gasteiger partial charge in [-0.25, -0.2) is 0 Å². The van der Waals surface area contributed by atoms with Gasteiger partial charge >= 0.3 is 17.9 Å². The Morgan fingerprint density at radius 1 is 0.314 bits per heavy atom. The van der Waals surface area contributed by atoms with Crippen LogP contribution in [0.4, 0.5) is 0 Å². The molecule has 6 heteroatoms. The first-order chi connectivity index (χ1) is 34.5. The van der Waals surface area contributed by atoms with Crippen LogP contribution in [-0.4, -0.2) is 37.2 Å². The topological polar surface area (TPSA) is 78.9 Å². The number of carbonyl (C=O) groups is 3. The fraction of sp³-hybridized carbons (Fsp3) is 0.516. The van der Waals surface area contributed by atoms with Crippen molar-refractivity contribution in [3.05, 3.63) is 170 Å². The molecule has 0 aliphatic rings. The van der Waals surface area contributed by atoms with E-state index in [0.29, 0.717) is 12.8 Å². The van der Waals surface area contributed by atoms with Crippen molar-refractivity contribution in [3.63, 3.8) is 0 Å². The number of hydrogen-bond acceptors (Lipinski definition) is 6. The molecule has 0 spiro atoms. The summed E-state index contributed by atoms with van der Waals surface area (Å²) in [7, 11) is 0. The quantitative estimate of drug-likeness (QED) is 0.0199. The highest BCUT2D eigenvalue weighted by molar-refractivity contribution is 5.71. The summed E-state index contributed by atoms with van der Waals surface area (Å²) in [5.74, 6) is -1.08. The van der Waals surface area contributed by atoms with Crippen molar-refractivity contribution in [1.29, 1.82) is 0 Å². The SMILES string of the molecule is CC\C=C/C=C\C=C/C=C\CCCCCCCC(=O)OCC(COC(=O)CC/C=C\C/C=C\C/C=C\C/C=C\C/C=C\C/C=C\CC)OC(=O)CCCCCCC\C=C/C=C\C=C/C=C\CCCCC. The van der Waals surface area contributed by atoms with Gasteiger partial charge in [-0.1, -0.05) is 242 Å². The number of hydrogen-bond donors (Lipinski definition) is 0. The van der Waals surface area contributed by atoms with Gasteiger partial charge in [0, 0.05) is 19.3 Å². The van der Waals surface area contributed by atoms with E-state index in [1.807, 2.05) is 36.5 Å². The third kappa shape index (κ3) is 53.7. The van der Waals surface area contributed by atoms with Gasteiger partial charge in [-0.3, -0.25) is 14.4 Å².